The van der Waals surface area contributed by atoms with Gasteiger partial charge in [0.1, 0.15) is 6.10 Å². The highest BCUT2D eigenvalue weighted by atomic mass is 16.5. The molecule has 0 heterocycles. The zero-order valence-electron chi connectivity index (χ0n) is 17.7. The highest BCUT2D eigenvalue weighted by Crippen LogP contribution is 2.68. The van der Waals surface area contributed by atoms with Crippen LogP contribution in [0.2, 0.25) is 0 Å². The predicted octanol–water partition coefficient (Wildman–Crippen LogP) is 3.25. The summed E-state index contributed by atoms with van der Waals surface area (Å²) < 4.78 is 5.53. The predicted molar refractivity (Wildman–Crippen MR) is 104 cm³/mol. The highest BCUT2D eigenvalue weighted by Gasteiger charge is 2.69. The van der Waals surface area contributed by atoms with Crippen molar-refractivity contribution in [2.24, 2.45) is 34.5 Å². The van der Waals surface area contributed by atoms with Crippen LogP contribution in [0.25, 0.3) is 0 Å². The molecular formula is C23H36O5. The van der Waals surface area contributed by atoms with Crippen LogP contribution in [0.5, 0.6) is 0 Å². The fourth-order valence-corrected chi connectivity index (χ4v) is 8.22. The molecule has 4 saturated carbocycles. The van der Waals surface area contributed by atoms with E-state index in [1.165, 1.54) is 13.8 Å². The molecule has 0 amide bonds. The molecule has 4 rings (SSSR count). The van der Waals surface area contributed by atoms with Gasteiger partial charge in [-0.2, -0.15) is 0 Å². The minimum absolute atomic E-state index is 0.0529. The molecule has 4 unspecified atom stereocenters. The molecule has 0 aromatic heterocycles. The second-order valence-corrected chi connectivity index (χ2v) is 10.7. The largest absolute Gasteiger partial charge is 0.463 e. The average molecular weight is 393 g/mol. The van der Waals surface area contributed by atoms with Crippen LogP contribution in [0.1, 0.15) is 79.1 Å². The van der Waals surface area contributed by atoms with Gasteiger partial charge in [-0.1, -0.05) is 13.8 Å². The van der Waals surface area contributed by atoms with Gasteiger partial charge in [0, 0.05) is 12.3 Å². The van der Waals surface area contributed by atoms with Crippen molar-refractivity contribution in [1.82, 2.24) is 0 Å². The van der Waals surface area contributed by atoms with Gasteiger partial charge in [0.25, 0.3) is 0 Å². The van der Waals surface area contributed by atoms with Crippen LogP contribution in [0.15, 0.2) is 0 Å². The molecular weight excluding hydrogens is 356 g/mol. The molecule has 4 aliphatic carbocycles. The number of hydrogen-bond donors (Lipinski definition) is 2. The third kappa shape index (κ3) is 2.57. The molecule has 4 aliphatic rings. The van der Waals surface area contributed by atoms with Crippen molar-refractivity contribution < 1.29 is 24.5 Å². The first-order valence-corrected chi connectivity index (χ1v) is 11.1. The number of carbonyl (C=O) groups is 2. The normalized spacial score (nSPS) is 52.9. The Labute approximate surface area is 168 Å². The van der Waals surface area contributed by atoms with E-state index in [4.69, 9.17) is 4.74 Å². The summed E-state index contributed by atoms with van der Waals surface area (Å²) in [4.78, 5) is 23.8. The summed E-state index contributed by atoms with van der Waals surface area (Å²) in [5.74, 6) is 1.30. The van der Waals surface area contributed by atoms with E-state index in [-0.39, 0.29) is 29.2 Å². The number of carbonyl (C=O) groups excluding carboxylic acids is 2. The summed E-state index contributed by atoms with van der Waals surface area (Å²) in [7, 11) is 0. The minimum Gasteiger partial charge on any atom is -0.463 e. The van der Waals surface area contributed by atoms with Gasteiger partial charge < -0.3 is 14.9 Å². The second kappa shape index (κ2) is 6.53. The average Bonchev–Trinajstić information content (AvgIpc) is 2.83. The Balaban J connectivity index is 1.59. The molecule has 0 saturated heterocycles. The van der Waals surface area contributed by atoms with E-state index in [1.807, 2.05) is 6.92 Å². The van der Waals surface area contributed by atoms with Crippen molar-refractivity contribution in [2.45, 2.75) is 96.9 Å². The zero-order chi connectivity index (χ0) is 20.5. The van der Waals surface area contributed by atoms with Gasteiger partial charge in [-0.05, 0) is 87.4 Å². The lowest BCUT2D eigenvalue weighted by Gasteiger charge is -2.61. The number of aliphatic hydroxyl groups is 2. The smallest absolute Gasteiger partial charge is 0.302 e. The third-order valence-corrected chi connectivity index (χ3v) is 9.71. The number of rotatable bonds is 2. The summed E-state index contributed by atoms with van der Waals surface area (Å²) in [6.07, 6.45) is 6.58. The summed E-state index contributed by atoms with van der Waals surface area (Å²) in [6.45, 7) is 7.38. The van der Waals surface area contributed by atoms with Crippen LogP contribution in [0.4, 0.5) is 0 Å². The van der Waals surface area contributed by atoms with Crippen LogP contribution in [-0.4, -0.2) is 39.8 Å². The molecule has 0 bridgehead atoms. The molecule has 9 atom stereocenters. The van der Waals surface area contributed by atoms with E-state index >= 15 is 0 Å². The highest BCUT2D eigenvalue weighted by molar-refractivity contribution is 5.87. The Hall–Kier alpha value is -0.940. The SMILES string of the molecule is CC(=O)OC1CC[C@]2(C)C3CC[C@@]4(C)C(C[C@@H](O)[C@]4(O)C(C)=O)C3CC[C@H]2C1. The van der Waals surface area contributed by atoms with Crippen molar-refractivity contribution in [1.29, 1.82) is 0 Å². The number of ketones is 1. The molecule has 0 aromatic rings. The minimum atomic E-state index is -1.60. The fourth-order valence-electron chi connectivity index (χ4n) is 8.22. The number of Topliss-reactive ketones (excluding diaryl/α,β-unsaturated/α-hetero) is 1. The second-order valence-electron chi connectivity index (χ2n) is 10.7. The maximum absolute atomic E-state index is 12.4. The molecule has 158 valence electrons. The van der Waals surface area contributed by atoms with E-state index in [2.05, 4.69) is 6.92 Å². The lowest BCUT2D eigenvalue weighted by atomic mass is 9.44. The number of ether oxygens (including phenoxy) is 1. The van der Waals surface area contributed by atoms with Crippen molar-refractivity contribution in [3.05, 3.63) is 0 Å². The van der Waals surface area contributed by atoms with E-state index in [1.54, 1.807) is 0 Å². The standard InChI is InChI=1S/C23H36O5/c1-13(24)23(27)20(26)12-19-17-6-5-15-11-16(28-14(2)25)7-9-21(15,3)18(17)8-10-22(19,23)4/h15-20,26-27H,5-12H2,1-4H3/t15-,16?,17?,18?,19?,20+,21-,22-,23+/m0/s1. The Bertz CT molecular complexity index is 676. The molecule has 0 spiro atoms. The van der Waals surface area contributed by atoms with Crippen LogP contribution in [0.3, 0.4) is 0 Å². The Morgan fingerprint density at radius 2 is 1.68 bits per heavy atom. The first kappa shape index (κ1) is 20.3. The van der Waals surface area contributed by atoms with E-state index in [0.717, 1.165) is 44.9 Å². The van der Waals surface area contributed by atoms with Gasteiger partial charge in [-0.25, -0.2) is 0 Å². The van der Waals surface area contributed by atoms with Gasteiger partial charge in [-0.15, -0.1) is 0 Å². The molecule has 5 heteroatoms. The van der Waals surface area contributed by atoms with Crippen molar-refractivity contribution in [3.8, 4) is 0 Å². The monoisotopic (exact) mass is 392 g/mol. The summed E-state index contributed by atoms with van der Waals surface area (Å²) in [5.41, 5.74) is -1.91. The van der Waals surface area contributed by atoms with Gasteiger partial charge in [-0.3, -0.25) is 9.59 Å². The Morgan fingerprint density at radius 3 is 2.32 bits per heavy atom. The molecule has 0 aliphatic heterocycles. The lowest BCUT2D eigenvalue weighted by molar-refractivity contribution is -0.183. The summed E-state index contributed by atoms with van der Waals surface area (Å²) >= 11 is 0. The molecule has 28 heavy (non-hydrogen) atoms. The molecule has 5 nitrogen and oxygen atoms in total. The van der Waals surface area contributed by atoms with Crippen LogP contribution in [-0.2, 0) is 14.3 Å². The lowest BCUT2D eigenvalue weighted by Crippen LogP contribution is -2.60. The van der Waals surface area contributed by atoms with Gasteiger partial charge in [0.05, 0.1) is 6.10 Å². The van der Waals surface area contributed by atoms with Crippen molar-refractivity contribution in [2.75, 3.05) is 0 Å². The number of aliphatic hydroxyl groups excluding tert-OH is 1. The third-order valence-electron chi connectivity index (χ3n) is 9.71. The van der Waals surface area contributed by atoms with Crippen molar-refractivity contribution in [3.63, 3.8) is 0 Å². The van der Waals surface area contributed by atoms with Crippen LogP contribution < -0.4 is 0 Å². The molecule has 0 radical (unpaired) electrons. The Morgan fingerprint density at radius 1 is 0.964 bits per heavy atom. The van der Waals surface area contributed by atoms with Crippen LogP contribution >= 0.6 is 0 Å². The number of fused-ring (bicyclic) bond motifs is 5. The van der Waals surface area contributed by atoms with E-state index < -0.39 is 17.1 Å². The molecule has 0 aromatic carbocycles. The van der Waals surface area contributed by atoms with Crippen LogP contribution in [0, 0.1) is 34.5 Å². The zero-order valence-corrected chi connectivity index (χ0v) is 17.7. The summed E-state index contributed by atoms with van der Waals surface area (Å²) in [6, 6.07) is 0. The van der Waals surface area contributed by atoms with E-state index in [9.17, 15) is 19.8 Å². The Kier molecular flexibility index (Phi) is 4.74. The molecule has 4 fully saturated rings. The maximum Gasteiger partial charge on any atom is 0.302 e. The number of hydrogen-bond acceptors (Lipinski definition) is 5. The maximum atomic E-state index is 12.4. The van der Waals surface area contributed by atoms with Gasteiger partial charge >= 0.3 is 5.97 Å². The van der Waals surface area contributed by atoms with Crippen molar-refractivity contribution >= 4 is 11.8 Å². The first-order valence-electron chi connectivity index (χ1n) is 11.1. The van der Waals surface area contributed by atoms with Gasteiger partial charge in [0.15, 0.2) is 11.4 Å². The van der Waals surface area contributed by atoms with Gasteiger partial charge in [0.2, 0.25) is 0 Å². The molecule has 2 N–H and O–H groups in total. The first-order chi connectivity index (χ1) is 13.0. The topological polar surface area (TPSA) is 83.8 Å². The fraction of sp³-hybridized carbons (Fsp3) is 0.913. The quantitative estimate of drug-likeness (QED) is 0.705. The summed E-state index contributed by atoms with van der Waals surface area (Å²) in [5, 5.41) is 21.9. The number of esters is 1. The van der Waals surface area contributed by atoms with E-state index in [0.29, 0.717) is 24.2 Å².